The number of carbonyl (C=O) groups is 2. The zero-order valence-electron chi connectivity index (χ0n) is 12.6. The maximum atomic E-state index is 12.1. The van der Waals surface area contributed by atoms with Crippen molar-refractivity contribution in [2.45, 2.75) is 59.0 Å². The average Bonchev–Trinajstić information content (AvgIpc) is 2.34. The Bertz CT molecular complexity index is 311. The molecule has 0 saturated heterocycles. The van der Waals surface area contributed by atoms with Crippen LogP contribution in [0.2, 0.25) is 0 Å². The molecule has 0 aromatic carbocycles. The predicted molar refractivity (Wildman–Crippen MR) is 71.9 cm³/mol. The highest BCUT2D eigenvalue weighted by atomic mass is 16.5. The normalized spacial score (nSPS) is 14.8. The molecule has 1 N–H and O–H groups in total. The first-order chi connectivity index (χ1) is 8.75. The molecule has 0 heterocycles. The zero-order chi connectivity index (χ0) is 15.1. The molecule has 0 aromatic rings. The van der Waals surface area contributed by atoms with Gasteiger partial charge in [-0.15, -0.1) is 0 Å². The minimum Gasteiger partial charge on any atom is -0.480 e. The lowest BCUT2D eigenvalue weighted by Gasteiger charge is -2.31. The maximum absolute atomic E-state index is 12.1. The summed E-state index contributed by atoms with van der Waals surface area (Å²) in [7, 11) is 1.58. The van der Waals surface area contributed by atoms with Crippen molar-refractivity contribution in [2.24, 2.45) is 5.41 Å². The summed E-state index contributed by atoms with van der Waals surface area (Å²) in [6.45, 7) is 7.46. The first-order valence-electron chi connectivity index (χ1n) is 6.71. The molecular weight excluding hydrogens is 248 g/mol. The highest BCUT2D eigenvalue weighted by molar-refractivity contribution is 5.99. The van der Waals surface area contributed by atoms with Crippen LogP contribution in [0.5, 0.6) is 0 Å². The van der Waals surface area contributed by atoms with E-state index < -0.39 is 23.0 Å². The Morgan fingerprint density at radius 1 is 1.11 bits per heavy atom. The fourth-order valence-corrected chi connectivity index (χ4v) is 1.94. The Morgan fingerprint density at radius 3 is 2.05 bits per heavy atom. The topological polar surface area (TPSA) is 72.8 Å². The summed E-state index contributed by atoms with van der Waals surface area (Å²) in [6.07, 6.45) is 1.59. The van der Waals surface area contributed by atoms with E-state index in [2.05, 4.69) is 0 Å². The number of carbonyl (C=O) groups excluding carboxylic acids is 1. The van der Waals surface area contributed by atoms with Crippen LogP contribution in [0.4, 0.5) is 0 Å². The lowest BCUT2D eigenvalue weighted by atomic mass is 9.77. The van der Waals surface area contributed by atoms with E-state index >= 15 is 0 Å². The van der Waals surface area contributed by atoms with Crippen LogP contribution in [0.3, 0.4) is 0 Å². The van der Waals surface area contributed by atoms with Gasteiger partial charge in [0, 0.05) is 7.11 Å². The largest absolute Gasteiger partial charge is 0.480 e. The zero-order valence-corrected chi connectivity index (χ0v) is 12.6. The summed E-state index contributed by atoms with van der Waals surface area (Å²) in [5, 5.41) is 9.48. The lowest BCUT2D eigenvalue weighted by Crippen LogP contribution is -2.42. The van der Waals surface area contributed by atoms with Crippen LogP contribution in [0.1, 0.15) is 53.4 Å². The lowest BCUT2D eigenvalue weighted by molar-refractivity contribution is -0.170. The van der Waals surface area contributed by atoms with Gasteiger partial charge in [0.05, 0.1) is 12.2 Å². The third-order valence-electron chi connectivity index (χ3n) is 3.46. The van der Waals surface area contributed by atoms with Crippen LogP contribution in [-0.4, -0.2) is 36.4 Å². The monoisotopic (exact) mass is 274 g/mol. The van der Waals surface area contributed by atoms with Crippen molar-refractivity contribution in [3.8, 4) is 0 Å². The standard InChI is InChI=1S/C14H26O5/c1-6-8-14(11(15)16,12(17)19-7-2)10-9-13(3,4)18-5/h6-10H2,1-5H3,(H,15,16). The second-order valence-electron chi connectivity index (χ2n) is 5.32. The van der Waals surface area contributed by atoms with Crippen molar-refractivity contribution in [3.63, 3.8) is 0 Å². The van der Waals surface area contributed by atoms with Crippen molar-refractivity contribution >= 4 is 11.9 Å². The number of esters is 1. The number of carboxylic acid groups (broad SMARTS) is 1. The van der Waals surface area contributed by atoms with Crippen molar-refractivity contribution in [1.29, 1.82) is 0 Å². The number of ether oxygens (including phenoxy) is 2. The molecule has 0 rings (SSSR count). The molecule has 19 heavy (non-hydrogen) atoms. The van der Waals surface area contributed by atoms with E-state index in [9.17, 15) is 14.7 Å². The van der Waals surface area contributed by atoms with Crippen LogP contribution < -0.4 is 0 Å². The van der Waals surface area contributed by atoms with Gasteiger partial charge < -0.3 is 14.6 Å². The first-order valence-corrected chi connectivity index (χ1v) is 6.71. The number of rotatable bonds is 9. The smallest absolute Gasteiger partial charge is 0.323 e. The van der Waals surface area contributed by atoms with Crippen LogP contribution in [0, 0.1) is 5.41 Å². The molecule has 1 atom stereocenters. The van der Waals surface area contributed by atoms with E-state index in [1.807, 2.05) is 20.8 Å². The van der Waals surface area contributed by atoms with Crippen LogP contribution >= 0.6 is 0 Å². The third-order valence-corrected chi connectivity index (χ3v) is 3.46. The van der Waals surface area contributed by atoms with Gasteiger partial charge in [0.15, 0.2) is 5.41 Å². The summed E-state index contributed by atoms with van der Waals surface area (Å²) in [5.74, 6) is -1.75. The number of hydrogen-bond acceptors (Lipinski definition) is 4. The van der Waals surface area contributed by atoms with Crippen LogP contribution in [-0.2, 0) is 19.1 Å². The van der Waals surface area contributed by atoms with E-state index in [1.54, 1.807) is 14.0 Å². The van der Waals surface area contributed by atoms with Gasteiger partial charge in [0.2, 0.25) is 0 Å². The van der Waals surface area contributed by atoms with E-state index in [1.165, 1.54) is 0 Å². The molecule has 0 aliphatic heterocycles. The second-order valence-corrected chi connectivity index (χ2v) is 5.32. The minimum atomic E-state index is -1.46. The van der Waals surface area contributed by atoms with Gasteiger partial charge >= 0.3 is 11.9 Å². The predicted octanol–water partition coefficient (Wildman–Crippen LogP) is 2.63. The average molecular weight is 274 g/mol. The van der Waals surface area contributed by atoms with Crippen LogP contribution in [0.15, 0.2) is 0 Å². The molecule has 5 nitrogen and oxygen atoms in total. The Kier molecular flexibility index (Phi) is 7.05. The Morgan fingerprint density at radius 2 is 1.68 bits per heavy atom. The summed E-state index contributed by atoms with van der Waals surface area (Å²) in [5.41, 5.74) is -1.92. The van der Waals surface area contributed by atoms with Gasteiger partial charge in [-0.2, -0.15) is 0 Å². The summed E-state index contributed by atoms with van der Waals surface area (Å²) >= 11 is 0. The van der Waals surface area contributed by atoms with E-state index in [-0.39, 0.29) is 19.4 Å². The molecule has 1 unspecified atom stereocenters. The van der Waals surface area contributed by atoms with Gasteiger partial charge in [-0.05, 0) is 40.0 Å². The maximum Gasteiger partial charge on any atom is 0.323 e. The van der Waals surface area contributed by atoms with Crippen molar-refractivity contribution in [3.05, 3.63) is 0 Å². The van der Waals surface area contributed by atoms with Gasteiger partial charge in [0.25, 0.3) is 0 Å². The van der Waals surface area contributed by atoms with Gasteiger partial charge in [0.1, 0.15) is 0 Å². The third kappa shape index (κ3) is 4.82. The van der Waals surface area contributed by atoms with Crippen molar-refractivity contribution < 1.29 is 24.2 Å². The molecule has 0 aliphatic rings. The molecule has 0 aliphatic carbocycles. The Labute approximate surface area is 115 Å². The molecule has 0 radical (unpaired) electrons. The highest BCUT2D eigenvalue weighted by Crippen LogP contribution is 2.35. The fraction of sp³-hybridized carbons (Fsp3) is 0.857. The molecule has 0 saturated carbocycles. The molecule has 5 heteroatoms. The Balaban J connectivity index is 5.13. The fourth-order valence-electron chi connectivity index (χ4n) is 1.94. The van der Waals surface area contributed by atoms with Gasteiger partial charge in [-0.1, -0.05) is 13.3 Å². The number of carboxylic acids is 1. The molecule has 0 fully saturated rings. The van der Waals surface area contributed by atoms with E-state index in [4.69, 9.17) is 9.47 Å². The molecule has 0 bridgehead atoms. The van der Waals surface area contributed by atoms with Gasteiger partial charge in [-0.3, -0.25) is 9.59 Å². The van der Waals surface area contributed by atoms with Crippen molar-refractivity contribution in [1.82, 2.24) is 0 Å². The van der Waals surface area contributed by atoms with Crippen LogP contribution in [0.25, 0.3) is 0 Å². The number of hydrogen-bond donors (Lipinski definition) is 1. The number of aliphatic carboxylic acids is 1. The van der Waals surface area contributed by atoms with E-state index in [0.29, 0.717) is 12.8 Å². The first kappa shape index (κ1) is 17.9. The molecule has 0 amide bonds. The molecule has 0 spiro atoms. The molecule has 112 valence electrons. The van der Waals surface area contributed by atoms with Crippen molar-refractivity contribution in [2.75, 3.05) is 13.7 Å². The molecule has 0 aromatic heterocycles. The van der Waals surface area contributed by atoms with E-state index in [0.717, 1.165) is 0 Å². The minimum absolute atomic E-state index is 0.186. The number of methoxy groups -OCH3 is 1. The highest BCUT2D eigenvalue weighted by Gasteiger charge is 2.47. The second kappa shape index (κ2) is 7.48. The quantitative estimate of drug-likeness (QED) is 0.517. The summed E-state index contributed by atoms with van der Waals surface area (Å²) in [4.78, 5) is 23.6. The van der Waals surface area contributed by atoms with Gasteiger partial charge in [-0.25, -0.2) is 0 Å². The summed E-state index contributed by atoms with van der Waals surface area (Å²) < 4.78 is 10.2. The SMILES string of the molecule is CCCC(CCC(C)(C)OC)(C(=O)O)C(=O)OCC. The molecular formula is C14H26O5. The Hall–Kier alpha value is -1.10. The summed E-state index contributed by atoms with van der Waals surface area (Å²) in [6, 6.07) is 0.